The van der Waals surface area contributed by atoms with Crippen molar-refractivity contribution in [2.24, 2.45) is 109 Å². The Morgan fingerprint density at radius 1 is 0.699 bits per heavy atom. The molecule has 19 atom stereocenters. The van der Waals surface area contributed by atoms with Gasteiger partial charge in [-0.15, -0.1) is 0 Å². The maximum absolute atomic E-state index is 15.4. The molecular weight excluding hydrogens is 901 g/mol. The van der Waals surface area contributed by atoms with E-state index >= 15 is 4.79 Å². The minimum Gasteiger partial charge on any atom is -0.480 e. The molecule has 9 aliphatic carbocycles. The first-order chi connectivity index (χ1) is 33.4. The van der Waals surface area contributed by atoms with Crippen molar-refractivity contribution < 1.29 is 24.2 Å². The van der Waals surface area contributed by atoms with Crippen molar-refractivity contribution in [2.45, 2.75) is 271 Å². The van der Waals surface area contributed by atoms with Gasteiger partial charge < -0.3 is 20.5 Å². The van der Waals surface area contributed by atoms with E-state index in [0.717, 1.165) is 87.0 Å². The van der Waals surface area contributed by atoms with Crippen LogP contribution in [0, 0.1) is 109 Å². The third-order valence-corrected chi connectivity index (χ3v) is 26.1. The summed E-state index contributed by atoms with van der Waals surface area (Å²) in [5, 5.41) is 16.2. The van der Waals surface area contributed by atoms with Gasteiger partial charge in [0.25, 0.3) is 0 Å². The molecule has 7 nitrogen and oxygen atoms in total. The van der Waals surface area contributed by atoms with Crippen molar-refractivity contribution in [3.05, 3.63) is 11.6 Å². The zero-order valence-corrected chi connectivity index (χ0v) is 47.8. The second-order valence-electron chi connectivity index (χ2n) is 30.0. The van der Waals surface area contributed by atoms with Crippen molar-refractivity contribution in [1.82, 2.24) is 10.6 Å². The van der Waals surface area contributed by atoms with Crippen LogP contribution in [0.25, 0.3) is 0 Å². The number of carboxylic acids is 1. The second-order valence-corrected chi connectivity index (χ2v) is 30.0. The zero-order chi connectivity index (χ0) is 51.3. The first-order valence-electron chi connectivity index (χ1n) is 30.5. The summed E-state index contributed by atoms with van der Waals surface area (Å²) in [4.78, 5) is 38.9. The molecule has 9 rings (SSSR count). The number of esters is 1. The molecule has 0 aromatic heterocycles. The van der Waals surface area contributed by atoms with Gasteiger partial charge in [-0.1, -0.05) is 129 Å². The van der Waals surface area contributed by atoms with Crippen LogP contribution in [0.1, 0.15) is 253 Å². The Bertz CT molecular complexity index is 2010. The van der Waals surface area contributed by atoms with Crippen molar-refractivity contribution >= 4 is 17.8 Å². The van der Waals surface area contributed by atoms with E-state index in [9.17, 15) is 14.7 Å². The van der Waals surface area contributed by atoms with E-state index in [1.165, 1.54) is 103 Å². The van der Waals surface area contributed by atoms with Crippen molar-refractivity contribution in [2.75, 3.05) is 6.54 Å². The fourth-order valence-corrected chi connectivity index (χ4v) is 22.2. The van der Waals surface area contributed by atoms with Crippen LogP contribution in [0.4, 0.5) is 0 Å². The van der Waals surface area contributed by atoms with E-state index in [2.05, 4.69) is 99.8 Å². The Hall–Kier alpha value is -1.89. The SMILES string of the molecule is C.C.CC(=O)NC(CCCNC1CC[C@@]2(C)C(CC[C@]3(C)[C@@H]2CC[C@@H]2C4[C@H](C(C)C)CC[C@]4(C(=O)O[C@H]4CC[C@@]5(C)C(=CC[C@H]6[C@@H]7CC[C@H]([C@H](C)CCCC(C)C)[C@@]7(C)CC[C@@H]65)C4)CC[C@]23C)C1(C)C)C(=O)O. The van der Waals surface area contributed by atoms with Gasteiger partial charge in [0, 0.05) is 19.4 Å². The van der Waals surface area contributed by atoms with Gasteiger partial charge in [-0.05, 0) is 232 Å². The van der Waals surface area contributed by atoms with Gasteiger partial charge in [-0.3, -0.25) is 9.59 Å². The highest BCUT2D eigenvalue weighted by Gasteiger charge is 2.72. The molecule has 0 heterocycles. The van der Waals surface area contributed by atoms with Crippen LogP contribution < -0.4 is 10.6 Å². The number of hydrogen-bond acceptors (Lipinski definition) is 5. The fraction of sp³-hybridized carbons (Fsp3) is 0.924. The smallest absolute Gasteiger partial charge is 0.326 e. The number of aliphatic carboxylic acids is 1. The van der Waals surface area contributed by atoms with Crippen LogP contribution in [-0.4, -0.2) is 47.7 Å². The number of ether oxygens (including phenoxy) is 1. The Balaban J connectivity index is 0.00000390. The minimum absolute atomic E-state index is 0. The molecule has 3 N–H and O–H groups in total. The van der Waals surface area contributed by atoms with Gasteiger partial charge in [0.15, 0.2) is 0 Å². The largest absolute Gasteiger partial charge is 0.480 e. The summed E-state index contributed by atoms with van der Waals surface area (Å²) in [6.07, 6.45) is 30.0. The standard InChI is InChI=1S/C64H106N2O5.2CH4/c1-39(2)16-14-17-41(5)47-21-22-48-46-20-19-43-38-44(25-30-59(43,9)49(46)27-31-60(47,48)10)71-57(70)64-34-26-45(40(3)4)55(64)50-23-24-53-61(11)32-29-54(65-37-15-18-51(56(68)69)66-42(6)67)58(7,8)52(61)28-33-63(53,13)62(50,12)35-36-64;;/h19,39-41,44-55,65H,14-18,20-38H2,1-13H3,(H,66,67)(H,68,69);2*1H4/t41-,44+,45+,46+,47-,48+,49+,50-,51?,52?,53-,54?,55?,59+,60-,61+,62-,63-,64+;;/m1../s1. The van der Waals surface area contributed by atoms with Gasteiger partial charge in [0.1, 0.15) is 12.1 Å². The third-order valence-electron chi connectivity index (χ3n) is 26.1. The quantitative estimate of drug-likeness (QED) is 0.0858. The van der Waals surface area contributed by atoms with E-state index in [-0.39, 0.29) is 65.3 Å². The lowest BCUT2D eigenvalue weighted by molar-refractivity contribution is -0.243. The molecule has 73 heavy (non-hydrogen) atoms. The first kappa shape index (κ1) is 58.8. The number of fused-ring (bicyclic) bond motifs is 12. The van der Waals surface area contributed by atoms with Crippen LogP contribution in [0.2, 0.25) is 0 Å². The highest BCUT2D eigenvalue weighted by atomic mass is 16.5. The summed E-state index contributed by atoms with van der Waals surface area (Å²) in [6.45, 7) is 33.0. The zero-order valence-electron chi connectivity index (χ0n) is 47.8. The Labute approximate surface area is 448 Å². The van der Waals surface area contributed by atoms with Gasteiger partial charge in [0.05, 0.1) is 5.41 Å². The van der Waals surface area contributed by atoms with Crippen LogP contribution in [-0.2, 0) is 19.1 Å². The number of amides is 1. The molecule has 4 unspecified atom stereocenters. The lowest BCUT2D eigenvalue weighted by Gasteiger charge is -2.73. The lowest BCUT2D eigenvalue weighted by atomic mass is 9.32. The van der Waals surface area contributed by atoms with E-state index in [1.54, 1.807) is 5.57 Å². The van der Waals surface area contributed by atoms with Crippen LogP contribution in [0.3, 0.4) is 0 Å². The highest BCUT2D eigenvalue weighted by molar-refractivity contribution is 5.82. The van der Waals surface area contributed by atoms with Crippen molar-refractivity contribution in [3.8, 4) is 0 Å². The van der Waals surface area contributed by atoms with E-state index in [0.29, 0.717) is 53.4 Å². The Morgan fingerprint density at radius 2 is 1.41 bits per heavy atom. The van der Waals surface area contributed by atoms with E-state index in [1.807, 2.05) is 0 Å². The molecule has 7 heteroatoms. The number of carboxylic acid groups (broad SMARTS) is 1. The third kappa shape index (κ3) is 9.60. The molecule has 0 bridgehead atoms. The molecule has 1 amide bonds. The van der Waals surface area contributed by atoms with Gasteiger partial charge in [-0.25, -0.2) is 4.79 Å². The number of allylic oxidation sites excluding steroid dienone is 1. The summed E-state index contributed by atoms with van der Waals surface area (Å²) < 4.78 is 7.07. The summed E-state index contributed by atoms with van der Waals surface area (Å²) in [5.41, 5.74) is 2.87. The molecule has 0 aromatic rings. The molecule has 0 radical (unpaired) electrons. The fourth-order valence-electron chi connectivity index (χ4n) is 22.2. The molecule has 0 aliphatic heterocycles. The maximum Gasteiger partial charge on any atom is 0.326 e. The number of hydrogen-bond donors (Lipinski definition) is 3. The molecule has 0 saturated heterocycles. The summed E-state index contributed by atoms with van der Waals surface area (Å²) in [6, 6.07) is -0.443. The molecule has 8 saturated carbocycles. The number of rotatable bonds is 15. The van der Waals surface area contributed by atoms with Crippen molar-refractivity contribution in [3.63, 3.8) is 0 Å². The number of nitrogens with one attached hydrogen (secondary N) is 2. The topological polar surface area (TPSA) is 105 Å². The Kier molecular flexibility index (Phi) is 17.2. The molecule has 0 spiro atoms. The van der Waals surface area contributed by atoms with E-state index < -0.39 is 12.0 Å². The summed E-state index contributed by atoms with van der Waals surface area (Å²) in [5.74, 6) is 7.38. The van der Waals surface area contributed by atoms with Gasteiger partial charge >= 0.3 is 11.9 Å². The van der Waals surface area contributed by atoms with Gasteiger partial charge in [-0.2, -0.15) is 0 Å². The molecule has 0 aromatic carbocycles. The average Bonchev–Trinajstić information content (AvgIpc) is 3.87. The predicted octanol–water partition coefficient (Wildman–Crippen LogP) is 16.3. The monoisotopic (exact) mass is 1010 g/mol. The molecule has 9 aliphatic rings. The molecular formula is C66H114N2O5. The molecule has 8 fully saturated rings. The Morgan fingerprint density at radius 3 is 2.10 bits per heavy atom. The minimum atomic E-state index is -0.957. The van der Waals surface area contributed by atoms with Crippen LogP contribution in [0.15, 0.2) is 11.6 Å². The maximum atomic E-state index is 15.4. The lowest BCUT2D eigenvalue weighted by Crippen LogP contribution is -2.68. The highest BCUT2D eigenvalue weighted by Crippen LogP contribution is 2.78. The van der Waals surface area contributed by atoms with E-state index in [4.69, 9.17) is 4.74 Å². The number of carbonyl (C=O) groups excluding carboxylic acids is 2. The van der Waals surface area contributed by atoms with Crippen LogP contribution >= 0.6 is 0 Å². The predicted molar refractivity (Wildman–Crippen MR) is 302 cm³/mol. The average molecular weight is 1020 g/mol. The summed E-state index contributed by atoms with van der Waals surface area (Å²) >= 11 is 0. The van der Waals surface area contributed by atoms with Gasteiger partial charge in [0.2, 0.25) is 5.91 Å². The summed E-state index contributed by atoms with van der Waals surface area (Å²) in [7, 11) is 0. The second kappa shape index (κ2) is 21.4. The molecule has 418 valence electrons. The van der Waals surface area contributed by atoms with Crippen LogP contribution in [0.5, 0.6) is 0 Å². The normalized spacial score (nSPS) is 45.0. The number of carbonyl (C=O) groups is 3. The van der Waals surface area contributed by atoms with Crippen molar-refractivity contribution in [1.29, 1.82) is 0 Å². The first-order valence-corrected chi connectivity index (χ1v) is 30.5.